The Morgan fingerprint density at radius 2 is 1.58 bits per heavy atom. The molecule has 0 bridgehead atoms. The van der Waals surface area contributed by atoms with E-state index in [0.717, 1.165) is 44.7 Å². The monoisotopic (exact) mass is 351 g/mol. The van der Waals surface area contributed by atoms with E-state index in [4.69, 9.17) is 0 Å². The molecular weight excluding hydrogens is 322 g/mol. The molecule has 0 saturated carbocycles. The van der Waals surface area contributed by atoms with Crippen molar-refractivity contribution in [1.29, 1.82) is 0 Å². The van der Waals surface area contributed by atoms with Crippen LogP contribution in [0.1, 0.15) is 36.5 Å². The van der Waals surface area contributed by atoms with E-state index in [2.05, 4.69) is 53.2 Å². The van der Waals surface area contributed by atoms with Gasteiger partial charge in [-0.05, 0) is 41.7 Å². The van der Waals surface area contributed by atoms with Crippen LogP contribution in [-0.4, -0.2) is 46.9 Å². The van der Waals surface area contributed by atoms with Gasteiger partial charge < -0.3 is 4.90 Å². The number of amides is 1. The van der Waals surface area contributed by atoms with Crippen molar-refractivity contribution in [2.75, 3.05) is 26.2 Å². The lowest BCUT2D eigenvalue weighted by Gasteiger charge is -2.34. The number of unbranched alkanes of at least 4 members (excludes halogenated alkanes) is 1. The standard InChI is InChI=1S/C22H29N3O/c1-2-3-4-19-5-7-20(8-6-19)17-22(26)25-15-13-24(14-16-25)18-21-9-11-23-12-10-21/h5-12H,2-4,13-18H2,1H3. The molecule has 1 amide bonds. The molecule has 1 fully saturated rings. The maximum absolute atomic E-state index is 12.6. The first-order valence-electron chi connectivity index (χ1n) is 9.71. The Labute approximate surface area is 156 Å². The van der Waals surface area contributed by atoms with Crippen molar-refractivity contribution >= 4 is 5.91 Å². The lowest BCUT2D eigenvalue weighted by molar-refractivity contribution is -0.132. The second-order valence-corrected chi connectivity index (χ2v) is 7.11. The van der Waals surface area contributed by atoms with Gasteiger partial charge in [-0.3, -0.25) is 14.7 Å². The molecule has 0 unspecified atom stereocenters. The molecule has 1 saturated heterocycles. The third-order valence-corrected chi connectivity index (χ3v) is 5.08. The molecule has 1 aliphatic rings. The number of pyridine rings is 1. The molecule has 4 nitrogen and oxygen atoms in total. The maximum atomic E-state index is 12.6. The smallest absolute Gasteiger partial charge is 0.227 e. The summed E-state index contributed by atoms with van der Waals surface area (Å²) in [6, 6.07) is 12.7. The molecule has 0 radical (unpaired) electrons. The number of rotatable bonds is 7. The van der Waals surface area contributed by atoms with Crippen LogP contribution in [0, 0.1) is 0 Å². The molecule has 138 valence electrons. The lowest BCUT2D eigenvalue weighted by atomic mass is 10.0. The zero-order valence-electron chi connectivity index (χ0n) is 15.7. The Morgan fingerprint density at radius 1 is 0.923 bits per heavy atom. The first-order valence-corrected chi connectivity index (χ1v) is 9.71. The van der Waals surface area contributed by atoms with Gasteiger partial charge in [0.1, 0.15) is 0 Å². The number of benzene rings is 1. The van der Waals surface area contributed by atoms with E-state index in [9.17, 15) is 4.79 Å². The van der Waals surface area contributed by atoms with Crippen molar-refractivity contribution in [3.63, 3.8) is 0 Å². The minimum absolute atomic E-state index is 0.245. The van der Waals surface area contributed by atoms with Crippen molar-refractivity contribution in [3.8, 4) is 0 Å². The number of carbonyl (C=O) groups is 1. The van der Waals surface area contributed by atoms with Crippen molar-refractivity contribution < 1.29 is 4.79 Å². The first kappa shape index (κ1) is 18.6. The zero-order chi connectivity index (χ0) is 18.2. The van der Waals surface area contributed by atoms with Crippen LogP contribution in [0.25, 0.3) is 0 Å². The minimum Gasteiger partial charge on any atom is -0.340 e. The summed E-state index contributed by atoms with van der Waals surface area (Å²) >= 11 is 0. The first-order chi connectivity index (χ1) is 12.7. The predicted octanol–water partition coefficient (Wildman–Crippen LogP) is 3.31. The topological polar surface area (TPSA) is 36.4 Å². The summed E-state index contributed by atoms with van der Waals surface area (Å²) in [4.78, 5) is 21.1. The molecule has 1 aliphatic heterocycles. The zero-order valence-corrected chi connectivity index (χ0v) is 15.7. The molecule has 3 rings (SSSR count). The Kier molecular flexibility index (Phi) is 6.78. The molecule has 0 N–H and O–H groups in total. The Morgan fingerprint density at radius 3 is 2.23 bits per heavy atom. The van der Waals surface area contributed by atoms with Gasteiger partial charge in [0.05, 0.1) is 6.42 Å². The van der Waals surface area contributed by atoms with E-state index in [1.165, 1.54) is 24.0 Å². The molecule has 0 atom stereocenters. The second-order valence-electron chi connectivity index (χ2n) is 7.11. The average molecular weight is 351 g/mol. The Hall–Kier alpha value is -2.20. The quantitative estimate of drug-likeness (QED) is 0.768. The number of hydrogen-bond acceptors (Lipinski definition) is 3. The fourth-order valence-electron chi connectivity index (χ4n) is 3.39. The summed E-state index contributed by atoms with van der Waals surface area (Å²) in [6.45, 7) is 6.65. The van der Waals surface area contributed by atoms with E-state index in [0.29, 0.717) is 6.42 Å². The van der Waals surface area contributed by atoms with E-state index in [1.54, 1.807) is 0 Å². The van der Waals surface area contributed by atoms with E-state index in [1.807, 2.05) is 17.3 Å². The summed E-state index contributed by atoms with van der Waals surface area (Å²) < 4.78 is 0. The molecule has 26 heavy (non-hydrogen) atoms. The van der Waals surface area contributed by atoms with Gasteiger partial charge in [-0.25, -0.2) is 0 Å². The van der Waals surface area contributed by atoms with Crippen molar-refractivity contribution in [3.05, 3.63) is 65.5 Å². The van der Waals surface area contributed by atoms with Crippen molar-refractivity contribution in [2.24, 2.45) is 0 Å². The van der Waals surface area contributed by atoms with E-state index < -0.39 is 0 Å². The van der Waals surface area contributed by atoms with Gasteiger partial charge in [0.2, 0.25) is 5.91 Å². The molecule has 2 aromatic rings. The summed E-state index contributed by atoms with van der Waals surface area (Å²) in [5, 5.41) is 0. The minimum atomic E-state index is 0.245. The van der Waals surface area contributed by atoms with Gasteiger partial charge >= 0.3 is 0 Å². The van der Waals surface area contributed by atoms with Crippen LogP contribution in [0.5, 0.6) is 0 Å². The van der Waals surface area contributed by atoms with Crippen LogP contribution in [0.2, 0.25) is 0 Å². The van der Waals surface area contributed by atoms with Gasteiger partial charge in [-0.2, -0.15) is 0 Å². The molecule has 0 spiro atoms. The molecule has 4 heteroatoms. The normalized spacial score (nSPS) is 15.2. The SMILES string of the molecule is CCCCc1ccc(CC(=O)N2CCN(Cc3ccncc3)CC2)cc1. The molecule has 1 aromatic heterocycles. The highest BCUT2D eigenvalue weighted by molar-refractivity contribution is 5.78. The number of piperazine rings is 1. The second kappa shape index (κ2) is 9.48. The fourth-order valence-corrected chi connectivity index (χ4v) is 3.39. The van der Waals surface area contributed by atoms with Crippen LogP contribution >= 0.6 is 0 Å². The Bertz CT molecular complexity index is 676. The van der Waals surface area contributed by atoms with Crippen LogP contribution in [0.15, 0.2) is 48.8 Å². The van der Waals surface area contributed by atoms with Gasteiger partial charge in [-0.15, -0.1) is 0 Å². The predicted molar refractivity (Wildman–Crippen MR) is 105 cm³/mol. The number of carbonyl (C=O) groups excluding carboxylic acids is 1. The van der Waals surface area contributed by atoms with Gasteiger partial charge in [0.15, 0.2) is 0 Å². The third-order valence-electron chi connectivity index (χ3n) is 5.08. The van der Waals surface area contributed by atoms with Crippen LogP contribution in [0.3, 0.4) is 0 Å². The summed E-state index contributed by atoms with van der Waals surface area (Å²) in [7, 11) is 0. The van der Waals surface area contributed by atoms with Crippen molar-refractivity contribution in [1.82, 2.24) is 14.8 Å². The van der Waals surface area contributed by atoms with Crippen LogP contribution in [0.4, 0.5) is 0 Å². The maximum Gasteiger partial charge on any atom is 0.227 e. The number of aryl methyl sites for hydroxylation is 1. The van der Waals surface area contributed by atoms with Gasteiger partial charge in [0.25, 0.3) is 0 Å². The van der Waals surface area contributed by atoms with E-state index in [-0.39, 0.29) is 5.91 Å². The highest BCUT2D eigenvalue weighted by Crippen LogP contribution is 2.12. The number of aromatic nitrogens is 1. The van der Waals surface area contributed by atoms with Crippen LogP contribution in [-0.2, 0) is 24.2 Å². The average Bonchev–Trinajstić information content (AvgIpc) is 2.69. The molecule has 0 aliphatic carbocycles. The van der Waals surface area contributed by atoms with Crippen molar-refractivity contribution in [2.45, 2.75) is 39.2 Å². The number of hydrogen-bond donors (Lipinski definition) is 0. The lowest BCUT2D eigenvalue weighted by Crippen LogP contribution is -2.48. The highest BCUT2D eigenvalue weighted by atomic mass is 16.2. The van der Waals surface area contributed by atoms with Gasteiger partial charge in [-0.1, -0.05) is 37.6 Å². The molecular formula is C22H29N3O. The number of nitrogens with zero attached hydrogens (tertiary/aromatic N) is 3. The summed E-state index contributed by atoms with van der Waals surface area (Å²) in [5.74, 6) is 0.245. The van der Waals surface area contributed by atoms with Gasteiger partial charge in [0, 0.05) is 45.1 Å². The molecule has 2 heterocycles. The largest absolute Gasteiger partial charge is 0.340 e. The Balaban J connectivity index is 1.44. The van der Waals surface area contributed by atoms with E-state index >= 15 is 0 Å². The van der Waals surface area contributed by atoms with Crippen LogP contribution < -0.4 is 0 Å². The summed E-state index contributed by atoms with van der Waals surface area (Å²) in [6.07, 6.45) is 7.75. The molecule has 1 aromatic carbocycles. The highest BCUT2D eigenvalue weighted by Gasteiger charge is 2.21. The fraction of sp³-hybridized carbons (Fsp3) is 0.455. The summed E-state index contributed by atoms with van der Waals surface area (Å²) in [5.41, 5.74) is 3.77. The third kappa shape index (κ3) is 5.40.